The maximum Gasteiger partial charge on any atom is 0.245 e. The van der Waals surface area contributed by atoms with E-state index in [9.17, 15) is 29.4 Å². The number of rotatable bonds is 11. The van der Waals surface area contributed by atoms with Gasteiger partial charge in [0.2, 0.25) is 17.7 Å². The SMILES string of the molecule is C[C@@H](O)[C@@H](C=O)NC(=O)[C@H](CO)NC(=O)[C@H](CO)NC(=O)[C@@H](N)CO. The van der Waals surface area contributed by atoms with Gasteiger partial charge in [0.05, 0.1) is 25.9 Å². The van der Waals surface area contributed by atoms with Crippen molar-refractivity contribution in [1.29, 1.82) is 0 Å². The Balaban J connectivity index is 4.86. The predicted molar refractivity (Wildman–Crippen MR) is 82.8 cm³/mol. The van der Waals surface area contributed by atoms with E-state index in [0.717, 1.165) is 0 Å². The maximum absolute atomic E-state index is 12.0. The summed E-state index contributed by atoms with van der Waals surface area (Å²) in [7, 11) is 0. The number of hydrogen-bond acceptors (Lipinski definition) is 9. The fraction of sp³-hybridized carbons (Fsp3) is 0.692. The van der Waals surface area contributed by atoms with Crippen molar-refractivity contribution >= 4 is 24.0 Å². The van der Waals surface area contributed by atoms with Crippen molar-refractivity contribution in [3.8, 4) is 0 Å². The van der Waals surface area contributed by atoms with Crippen LogP contribution in [0.2, 0.25) is 0 Å². The van der Waals surface area contributed by atoms with Crippen LogP contribution in [0.4, 0.5) is 0 Å². The highest BCUT2D eigenvalue weighted by Gasteiger charge is 2.28. The molecule has 0 fully saturated rings. The third-order valence-corrected chi connectivity index (χ3v) is 3.14. The molecule has 0 aromatic rings. The van der Waals surface area contributed by atoms with E-state index in [1.165, 1.54) is 6.92 Å². The van der Waals surface area contributed by atoms with E-state index in [4.69, 9.17) is 15.9 Å². The monoisotopic (exact) mass is 364 g/mol. The predicted octanol–water partition coefficient (Wildman–Crippen LogP) is -5.68. The Kier molecular flexibility index (Phi) is 10.5. The van der Waals surface area contributed by atoms with Crippen molar-refractivity contribution in [2.24, 2.45) is 5.73 Å². The van der Waals surface area contributed by atoms with E-state index in [1.807, 2.05) is 0 Å². The average molecular weight is 364 g/mol. The first-order valence-electron chi connectivity index (χ1n) is 7.34. The van der Waals surface area contributed by atoms with E-state index in [2.05, 4.69) is 16.0 Å². The quantitative estimate of drug-likeness (QED) is 0.164. The highest BCUT2D eigenvalue weighted by Crippen LogP contribution is 1.94. The molecule has 25 heavy (non-hydrogen) atoms. The molecule has 0 aliphatic rings. The van der Waals surface area contributed by atoms with E-state index < -0.39 is 67.8 Å². The van der Waals surface area contributed by atoms with Crippen LogP contribution in [0.5, 0.6) is 0 Å². The van der Waals surface area contributed by atoms with Gasteiger partial charge in [-0.15, -0.1) is 0 Å². The summed E-state index contributed by atoms with van der Waals surface area (Å²) in [5.41, 5.74) is 5.26. The minimum absolute atomic E-state index is 0.284. The van der Waals surface area contributed by atoms with E-state index in [1.54, 1.807) is 0 Å². The number of aliphatic hydroxyl groups excluding tert-OH is 4. The molecule has 0 saturated heterocycles. The fourth-order valence-corrected chi connectivity index (χ4v) is 1.56. The summed E-state index contributed by atoms with van der Waals surface area (Å²) >= 11 is 0. The van der Waals surface area contributed by atoms with Gasteiger partial charge in [-0.2, -0.15) is 0 Å². The first kappa shape index (κ1) is 22.9. The number of nitrogens with two attached hydrogens (primary N) is 1. The van der Waals surface area contributed by atoms with Crippen molar-refractivity contribution in [2.45, 2.75) is 37.2 Å². The third-order valence-electron chi connectivity index (χ3n) is 3.14. The zero-order chi connectivity index (χ0) is 19.6. The molecule has 0 unspecified atom stereocenters. The molecule has 0 radical (unpaired) electrons. The van der Waals surface area contributed by atoms with Gasteiger partial charge in [-0.05, 0) is 6.92 Å². The van der Waals surface area contributed by atoms with Crippen LogP contribution in [0, 0.1) is 0 Å². The number of aliphatic hydroxyl groups is 4. The largest absolute Gasteiger partial charge is 0.394 e. The summed E-state index contributed by atoms with van der Waals surface area (Å²) in [6.07, 6.45) is -0.910. The molecule has 12 nitrogen and oxygen atoms in total. The van der Waals surface area contributed by atoms with Crippen LogP contribution in [-0.4, -0.2) is 94.5 Å². The molecule has 0 bridgehead atoms. The molecule has 0 aliphatic carbocycles. The van der Waals surface area contributed by atoms with Gasteiger partial charge in [-0.25, -0.2) is 0 Å². The first-order valence-corrected chi connectivity index (χ1v) is 7.34. The summed E-state index contributed by atoms with van der Waals surface area (Å²) in [4.78, 5) is 46.2. The first-order chi connectivity index (χ1) is 11.7. The molecule has 0 rings (SSSR count). The Hall–Kier alpha value is -2.12. The van der Waals surface area contributed by atoms with E-state index >= 15 is 0 Å². The number of hydrogen-bond donors (Lipinski definition) is 8. The van der Waals surface area contributed by atoms with Crippen molar-refractivity contribution in [3.05, 3.63) is 0 Å². The minimum Gasteiger partial charge on any atom is -0.394 e. The Bertz CT molecular complexity index is 473. The topological polar surface area (TPSA) is 211 Å². The van der Waals surface area contributed by atoms with Crippen molar-refractivity contribution in [2.75, 3.05) is 19.8 Å². The van der Waals surface area contributed by atoms with Gasteiger partial charge < -0.3 is 46.9 Å². The molecule has 0 heterocycles. The lowest BCUT2D eigenvalue weighted by molar-refractivity contribution is -0.134. The molecule has 0 aliphatic heterocycles. The second kappa shape index (κ2) is 11.4. The molecule has 9 N–H and O–H groups in total. The summed E-state index contributed by atoms with van der Waals surface area (Å²) in [5.74, 6) is -2.87. The Morgan fingerprint density at radius 1 is 0.920 bits per heavy atom. The van der Waals surface area contributed by atoms with Crippen LogP contribution in [-0.2, 0) is 19.2 Å². The van der Waals surface area contributed by atoms with Gasteiger partial charge in [-0.1, -0.05) is 0 Å². The van der Waals surface area contributed by atoms with E-state index in [0.29, 0.717) is 0 Å². The van der Waals surface area contributed by atoms with Crippen molar-refractivity contribution in [1.82, 2.24) is 16.0 Å². The number of carbonyl (C=O) groups excluding carboxylic acids is 4. The lowest BCUT2D eigenvalue weighted by Gasteiger charge is -2.23. The lowest BCUT2D eigenvalue weighted by atomic mass is 10.1. The number of amides is 3. The molecular formula is C13H24N4O8. The molecule has 0 aromatic carbocycles. The molecule has 12 heteroatoms. The normalized spacial score (nSPS) is 16.7. The van der Waals surface area contributed by atoms with Gasteiger partial charge in [-0.3, -0.25) is 14.4 Å². The second-order valence-corrected chi connectivity index (χ2v) is 5.19. The lowest BCUT2D eigenvalue weighted by Crippen LogP contribution is -2.59. The number of nitrogens with one attached hydrogen (secondary N) is 3. The molecular weight excluding hydrogens is 340 g/mol. The summed E-state index contributed by atoms with van der Waals surface area (Å²) < 4.78 is 0. The summed E-state index contributed by atoms with van der Waals surface area (Å²) in [6, 6.07) is -5.52. The number of carbonyl (C=O) groups is 4. The zero-order valence-corrected chi connectivity index (χ0v) is 13.6. The highest BCUT2D eigenvalue weighted by molar-refractivity contribution is 5.93. The van der Waals surface area contributed by atoms with Gasteiger partial charge in [0.1, 0.15) is 30.5 Å². The third kappa shape index (κ3) is 7.53. The summed E-state index contributed by atoms with van der Waals surface area (Å²) in [5, 5.41) is 42.7. The van der Waals surface area contributed by atoms with Crippen LogP contribution in [0.1, 0.15) is 6.92 Å². The molecule has 5 atom stereocenters. The van der Waals surface area contributed by atoms with Crippen molar-refractivity contribution in [3.63, 3.8) is 0 Å². The maximum atomic E-state index is 12.0. The molecule has 0 aromatic heterocycles. The molecule has 3 amide bonds. The smallest absolute Gasteiger partial charge is 0.245 e. The number of aldehydes is 1. The van der Waals surface area contributed by atoms with Crippen LogP contribution >= 0.6 is 0 Å². The Morgan fingerprint density at radius 2 is 1.36 bits per heavy atom. The minimum atomic E-state index is -1.49. The Labute approximate surface area is 143 Å². The zero-order valence-electron chi connectivity index (χ0n) is 13.6. The van der Waals surface area contributed by atoms with Gasteiger partial charge in [0.25, 0.3) is 0 Å². The second-order valence-electron chi connectivity index (χ2n) is 5.19. The van der Waals surface area contributed by atoms with Gasteiger partial charge >= 0.3 is 0 Å². The Morgan fingerprint density at radius 3 is 1.72 bits per heavy atom. The average Bonchev–Trinajstić information content (AvgIpc) is 2.59. The van der Waals surface area contributed by atoms with E-state index in [-0.39, 0.29) is 6.29 Å². The highest BCUT2D eigenvalue weighted by atomic mass is 16.3. The molecule has 144 valence electrons. The van der Waals surface area contributed by atoms with Crippen LogP contribution in [0.3, 0.4) is 0 Å². The molecule has 0 saturated carbocycles. The fourth-order valence-electron chi connectivity index (χ4n) is 1.56. The molecule has 0 spiro atoms. The van der Waals surface area contributed by atoms with Gasteiger partial charge in [0.15, 0.2) is 0 Å². The van der Waals surface area contributed by atoms with Crippen LogP contribution in [0.25, 0.3) is 0 Å². The van der Waals surface area contributed by atoms with Crippen LogP contribution in [0.15, 0.2) is 0 Å². The van der Waals surface area contributed by atoms with Crippen LogP contribution < -0.4 is 21.7 Å². The van der Waals surface area contributed by atoms with Crippen molar-refractivity contribution < 1.29 is 39.6 Å². The van der Waals surface area contributed by atoms with Gasteiger partial charge in [0, 0.05) is 0 Å². The standard InChI is InChI=1S/C13H24N4O8/c1-6(22)8(3-19)15-12(24)10(5-21)17-13(25)9(4-20)16-11(23)7(14)2-18/h3,6-10,18,20-22H,2,4-5,14H2,1H3,(H,15,24)(H,16,23)(H,17,25)/t6-,7+,8-,9+,10+/m1/s1. The summed E-state index contributed by atoms with van der Waals surface area (Å²) in [6.45, 7) is -1.10.